The average molecular weight is 264 g/mol. The molecule has 0 saturated heterocycles. The Morgan fingerprint density at radius 3 is 3.22 bits per heavy atom. The Labute approximate surface area is 107 Å². The third-order valence-corrected chi connectivity index (χ3v) is 3.61. The molecule has 1 aliphatic rings. The standard InChI is InChI=1S/C12H12N2O3S/c15-8-1-2-9-10(5-17-11(9)3-8)13-4-7-6-18-12(16)14-7/h1-3,6,10,13,15H,4-5H2,(H,14,16). The van der Waals surface area contributed by atoms with Gasteiger partial charge in [-0.1, -0.05) is 11.3 Å². The molecule has 0 saturated carbocycles. The van der Waals surface area contributed by atoms with E-state index in [2.05, 4.69) is 10.3 Å². The fraction of sp³-hybridized carbons (Fsp3) is 0.250. The number of hydrogen-bond donors (Lipinski definition) is 3. The van der Waals surface area contributed by atoms with Gasteiger partial charge in [-0.15, -0.1) is 0 Å². The van der Waals surface area contributed by atoms with Crippen molar-refractivity contribution in [1.29, 1.82) is 0 Å². The number of phenols is 1. The van der Waals surface area contributed by atoms with Crippen molar-refractivity contribution in [1.82, 2.24) is 10.3 Å². The molecule has 0 aliphatic carbocycles. The number of thiazole rings is 1. The smallest absolute Gasteiger partial charge is 0.304 e. The van der Waals surface area contributed by atoms with E-state index in [0.29, 0.717) is 18.9 Å². The van der Waals surface area contributed by atoms with Crippen LogP contribution in [0.1, 0.15) is 17.3 Å². The summed E-state index contributed by atoms with van der Waals surface area (Å²) in [7, 11) is 0. The van der Waals surface area contributed by atoms with Gasteiger partial charge in [-0.05, 0) is 12.1 Å². The van der Waals surface area contributed by atoms with Crippen LogP contribution in [0.5, 0.6) is 11.5 Å². The van der Waals surface area contributed by atoms with Crippen LogP contribution >= 0.6 is 11.3 Å². The van der Waals surface area contributed by atoms with Crippen LogP contribution in [0.2, 0.25) is 0 Å². The summed E-state index contributed by atoms with van der Waals surface area (Å²) in [6.07, 6.45) is 0. The van der Waals surface area contributed by atoms with Crippen LogP contribution in [0.3, 0.4) is 0 Å². The number of aromatic hydroxyl groups is 1. The Morgan fingerprint density at radius 1 is 1.56 bits per heavy atom. The second-order valence-electron chi connectivity index (χ2n) is 4.14. The third kappa shape index (κ3) is 2.12. The highest BCUT2D eigenvalue weighted by atomic mass is 32.1. The molecule has 0 amide bonds. The summed E-state index contributed by atoms with van der Waals surface area (Å²) < 4.78 is 5.49. The Morgan fingerprint density at radius 2 is 2.44 bits per heavy atom. The van der Waals surface area contributed by atoms with Gasteiger partial charge in [0.2, 0.25) is 0 Å². The maximum absolute atomic E-state index is 11.0. The topological polar surface area (TPSA) is 74.4 Å². The number of nitrogens with one attached hydrogen (secondary N) is 2. The van der Waals surface area contributed by atoms with E-state index in [1.54, 1.807) is 12.1 Å². The maximum Gasteiger partial charge on any atom is 0.304 e. The summed E-state index contributed by atoms with van der Waals surface area (Å²) >= 11 is 1.16. The molecule has 1 aromatic heterocycles. The first kappa shape index (κ1) is 11.3. The third-order valence-electron chi connectivity index (χ3n) is 2.89. The summed E-state index contributed by atoms with van der Waals surface area (Å²) in [4.78, 5) is 13.7. The van der Waals surface area contributed by atoms with Gasteiger partial charge in [0.25, 0.3) is 0 Å². The maximum atomic E-state index is 11.0. The molecular formula is C12H12N2O3S. The highest BCUT2D eigenvalue weighted by Crippen LogP contribution is 2.34. The summed E-state index contributed by atoms with van der Waals surface area (Å²) in [6.45, 7) is 1.13. The zero-order valence-corrected chi connectivity index (χ0v) is 10.3. The molecule has 5 nitrogen and oxygen atoms in total. The predicted molar refractivity (Wildman–Crippen MR) is 68.1 cm³/mol. The highest BCUT2D eigenvalue weighted by Gasteiger charge is 2.23. The van der Waals surface area contributed by atoms with Gasteiger partial charge in [0.1, 0.15) is 18.1 Å². The predicted octanol–water partition coefficient (Wildman–Crippen LogP) is 1.37. The second kappa shape index (κ2) is 4.47. The van der Waals surface area contributed by atoms with E-state index in [0.717, 1.165) is 22.6 Å². The van der Waals surface area contributed by atoms with Crippen molar-refractivity contribution in [2.24, 2.45) is 0 Å². The summed E-state index contributed by atoms with van der Waals surface area (Å²) in [6, 6.07) is 5.20. The Kier molecular flexibility index (Phi) is 2.81. The number of H-pyrrole nitrogens is 1. The van der Waals surface area contributed by atoms with E-state index in [-0.39, 0.29) is 16.7 Å². The van der Waals surface area contributed by atoms with Gasteiger partial charge >= 0.3 is 4.87 Å². The zero-order chi connectivity index (χ0) is 12.5. The van der Waals surface area contributed by atoms with E-state index in [4.69, 9.17) is 4.74 Å². The lowest BCUT2D eigenvalue weighted by atomic mass is 10.1. The number of ether oxygens (including phenoxy) is 1. The lowest BCUT2D eigenvalue weighted by molar-refractivity contribution is 0.309. The van der Waals surface area contributed by atoms with Crippen LogP contribution in [0.4, 0.5) is 0 Å². The minimum atomic E-state index is -0.0419. The first-order valence-electron chi connectivity index (χ1n) is 5.58. The van der Waals surface area contributed by atoms with Crippen LogP contribution < -0.4 is 14.9 Å². The Hall–Kier alpha value is -1.79. The minimum absolute atomic E-state index is 0.0419. The quantitative estimate of drug-likeness (QED) is 0.782. The van der Waals surface area contributed by atoms with Gasteiger partial charge in [0, 0.05) is 29.2 Å². The molecule has 0 radical (unpaired) electrons. The SMILES string of the molecule is O=c1[nH]c(CNC2COc3cc(O)ccc32)cs1. The second-order valence-corrected chi connectivity index (χ2v) is 4.98. The Balaban J connectivity index is 1.71. The van der Waals surface area contributed by atoms with Crippen molar-refractivity contribution in [3.05, 3.63) is 44.5 Å². The van der Waals surface area contributed by atoms with E-state index >= 15 is 0 Å². The molecule has 0 bridgehead atoms. The molecule has 6 heteroatoms. The number of fused-ring (bicyclic) bond motifs is 1. The fourth-order valence-corrected chi connectivity index (χ4v) is 2.58. The first-order chi connectivity index (χ1) is 8.72. The van der Waals surface area contributed by atoms with Gasteiger partial charge in [0.05, 0.1) is 6.04 Å². The van der Waals surface area contributed by atoms with Crippen molar-refractivity contribution < 1.29 is 9.84 Å². The van der Waals surface area contributed by atoms with Crippen LogP contribution in [0, 0.1) is 0 Å². The molecular weight excluding hydrogens is 252 g/mol. The fourth-order valence-electron chi connectivity index (χ4n) is 2.00. The molecule has 2 heterocycles. The molecule has 1 aromatic carbocycles. The van der Waals surface area contributed by atoms with Crippen molar-refractivity contribution in [2.75, 3.05) is 6.61 Å². The van der Waals surface area contributed by atoms with E-state index < -0.39 is 0 Å². The van der Waals surface area contributed by atoms with Gasteiger partial charge < -0.3 is 20.1 Å². The van der Waals surface area contributed by atoms with Gasteiger partial charge in [-0.3, -0.25) is 4.79 Å². The van der Waals surface area contributed by atoms with E-state index in [9.17, 15) is 9.90 Å². The van der Waals surface area contributed by atoms with Gasteiger partial charge in [-0.25, -0.2) is 0 Å². The molecule has 3 N–H and O–H groups in total. The molecule has 1 atom stereocenters. The highest BCUT2D eigenvalue weighted by molar-refractivity contribution is 7.07. The number of benzene rings is 1. The number of aromatic amines is 1. The van der Waals surface area contributed by atoms with Crippen LogP contribution in [0.15, 0.2) is 28.4 Å². The van der Waals surface area contributed by atoms with Gasteiger partial charge in [0.15, 0.2) is 0 Å². The average Bonchev–Trinajstić information content (AvgIpc) is 2.92. The minimum Gasteiger partial charge on any atom is -0.508 e. The van der Waals surface area contributed by atoms with Crippen LogP contribution in [-0.4, -0.2) is 16.7 Å². The first-order valence-corrected chi connectivity index (χ1v) is 6.46. The number of rotatable bonds is 3. The molecule has 0 spiro atoms. The molecule has 2 aromatic rings. The van der Waals surface area contributed by atoms with Crippen LogP contribution in [0.25, 0.3) is 0 Å². The molecule has 18 heavy (non-hydrogen) atoms. The molecule has 0 fully saturated rings. The summed E-state index contributed by atoms with van der Waals surface area (Å²) in [5.41, 5.74) is 1.91. The largest absolute Gasteiger partial charge is 0.508 e. The van der Waals surface area contributed by atoms with E-state index in [1.807, 2.05) is 11.4 Å². The molecule has 94 valence electrons. The van der Waals surface area contributed by atoms with Crippen molar-refractivity contribution in [3.8, 4) is 11.5 Å². The molecule has 1 aliphatic heterocycles. The number of aromatic nitrogens is 1. The molecule has 1 unspecified atom stereocenters. The summed E-state index contributed by atoms with van der Waals surface area (Å²) in [5, 5.41) is 14.5. The zero-order valence-electron chi connectivity index (χ0n) is 9.47. The number of hydrogen-bond acceptors (Lipinski definition) is 5. The van der Waals surface area contributed by atoms with Crippen molar-refractivity contribution in [3.63, 3.8) is 0 Å². The number of phenolic OH excluding ortho intramolecular Hbond substituents is 1. The lowest BCUT2D eigenvalue weighted by Crippen LogP contribution is -2.22. The van der Waals surface area contributed by atoms with Crippen LogP contribution in [-0.2, 0) is 6.54 Å². The lowest BCUT2D eigenvalue weighted by Gasteiger charge is -2.10. The van der Waals surface area contributed by atoms with Crippen molar-refractivity contribution in [2.45, 2.75) is 12.6 Å². The van der Waals surface area contributed by atoms with E-state index in [1.165, 1.54) is 0 Å². The molecule has 3 rings (SSSR count). The Bertz CT molecular complexity index is 620. The van der Waals surface area contributed by atoms with Gasteiger partial charge in [-0.2, -0.15) is 0 Å². The normalized spacial score (nSPS) is 17.4. The summed E-state index contributed by atoms with van der Waals surface area (Å²) in [5.74, 6) is 0.919. The van der Waals surface area contributed by atoms with Crippen molar-refractivity contribution >= 4 is 11.3 Å². The monoisotopic (exact) mass is 264 g/mol.